The highest BCUT2D eigenvalue weighted by molar-refractivity contribution is 9.10. The maximum absolute atomic E-state index is 3.59. The van der Waals surface area contributed by atoms with Gasteiger partial charge in [0, 0.05) is 10.5 Å². The molecule has 0 saturated heterocycles. The third-order valence-electron chi connectivity index (χ3n) is 2.16. The van der Waals surface area contributed by atoms with Gasteiger partial charge in [-0.05, 0) is 37.1 Å². The zero-order valence-electron chi connectivity index (χ0n) is 9.10. The van der Waals surface area contributed by atoms with Crippen molar-refractivity contribution < 1.29 is 0 Å². The molecule has 0 saturated carbocycles. The summed E-state index contributed by atoms with van der Waals surface area (Å²) in [7, 11) is 0. The van der Waals surface area contributed by atoms with E-state index in [0.717, 1.165) is 13.0 Å². The van der Waals surface area contributed by atoms with Gasteiger partial charge < -0.3 is 5.32 Å². The molecule has 1 N–H and O–H groups in total. The highest BCUT2D eigenvalue weighted by Crippen LogP contribution is 2.18. The van der Waals surface area contributed by atoms with Gasteiger partial charge in [-0.3, -0.25) is 0 Å². The molecule has 0 fully saturated rings. The smallest absolute Gasteiger partial charge is 0.0210 e. The molecule has 0 bridgehead atoms. The van der Waals surface area contributed by atoms with Gasteiger partial charge in [-0.1, -0.05) is 41.9 Å². The van der Waals surface area contributed by atoms with E-state index >= 15 is 0 Å². The molecule has 0 aliphatic heterocycles. The summed E-state index contributed by atoms with van der Waals surface area (Å²) in [6, 6.07) is 7.10. The minimum absolute atomic E-state index is 0.569. The Balaban J connectivity index is 2.51. The molecule has 0 atom stereocenters. The van der Waals surface area contributed by atoms with Gasteiger partial charge in [0.1, 0.15) is 0 Å². The minimum atomic E-state index is 0.569. The van der Waals surface area contributed by atoms with Gasteiger partial charge in [0.05, 0.1) is 0 Å². The molecule has 0 amide bonds. The normalized spacial score (nSPS) is 10.9. The summed E-state index contributed by atoms with van der Waals surface area (Å²) in [6.45, 7) is 7.49. The molecular formula is C12H18BrN. The molecule has 0 aliphatic rings. The Kier molecular flexibility index (Phi) is 4.63. The lowest BCUT2D eigenvalue weighted by Gasteiger charge is -2.09. The van der Waals surface area contributed by atoms with Gasteiger partial charge >= 0.3 is 0 Å². The standard InChI is InChI=1S/C12H18BrN/c1-9(2)14-7-6-11-5-4-10(3)8-12(11)13/h4-5,8-9,14H,6-7H2,1-3H3. The Morgan fingerprint density at radius 3 is 2.64 bits per heavy atom. The van der Waals surface area contributed by atoms with Crippen LogP contribution in [0.1, 0.15) is 25.0 Å². The lowest BCUT2D eigenvalue weighted by atomic mass is 10.1. The molecule has 0 aliphatic carbocycles. The van der Waals surface area contributed by atoms with Gasteiger partial charge in [0.25, 0.3) is 0 Å². The summed E-state index contributed by atoms with van der Waals surface area (Å²) < 4.78 is 1.23. The van der Waals surface area contributed by atoms with E-state index in [1.54, 1.807) is 0 Å². The van der Waals surface area contributed by atoms with E-state index in [4.69, 9.17) is 0 Å². The largest absolute Gasteiger partial charge is 0.314 e. The van der Waals surface area contributed by atoms with Crippen LogP contribution in [0.15, 0.2) is 22.7 Å². The van der Waals surface area contributed by atoms with Crippen molar-refractivity contribution in [3.8, 4) is 0 Å². The van der Waals surface area contributed by atoms with Gasteiger partial charge in [0.2, 0.25) is 0 Å². The van der Waals surface area contributed by atoms with E-state index in [1.807, 2.05) is 0 Å². The molecule has 1 nitrogen and oxygen atoms in total. The van der Waals surface area contributed by atoms with E-state index in [-0.39, 0.29) is 0 Å². The number of halogens is 1. The summed E-state index contributed by atoms with van der Waals surface area (Å²) in [5, 5.41) is 3.41. The van der Waals surface area contributed by atoms with Crippen LogP contribution in [0.2, 0.25) is 0 Å². The summed E-state index contributed by atoms with van der Waals surface area (Å²) in [6.07, 6.45) is 1.08. The first kappa shape index (κ1) is 11.7. The number of rotatable bonds is 4. The summed E-state index contributed by atoms with van der Waals surface area (Å²) in [4.78, 5) is 0. The van der Waals surface area contributed by atoms with Crippen LogP contribution in [0.3, 0.4) is 0 Å². The minimum Gasteiger partial charge on any atom is -0.314 e. The number of hydrogen-bond acceptors (Lipinski definition) is 1. The summed E-state index contributed by atoms with van der Waals surface area (Å²) >= 11 is 3.59. The maximum Gasteiger partial charge on any atom is 0.0210 e. The fourth-order valence-electron chi connectivity index (χ4n) is 1.35. The van der Waals surface area contributed by atoms with Crippen molar-refractivity contribution in [3.63, 3.8) is 0 Å². The van der Waals surface area contributed by atoms with Crippen molar-refractivity contribution in [2.75, 3.05) is 6.54 Å². The Bertz CT molecular complexity index is 294. The van der Waals surface area contributed by atoms with E-state index < -0.39 is 0 Å². The van der Waals surface area contributed by atoms with Crippen molar-refractivity contribution in [2.45, 2.75) is 33.2 Å². The molecule has 2 heteroatoms. The number of aryl methyl sites for hydroxylation is 1. The highest BCUT2D eigenvalue weighted by atomic mass is 79.9. The van der Waals surface area contributed by atoms with E-state index in [9.17, 15) is 0 Å². The highest BCUT2D eigenvalue weighted by Gasteiger charge is 2.00. The van der Waals surface area contributed by atoms with Crippen molar-refractivity contribution in [1.29, 1.82) is 0 Å². The third-order valence-corrected chi connectivity index (χ3v) is 2.89. The van der Waals surface area contributed by atoms with Crippen LogP contribution in [0.25, 0.3) is 0 Å². The van der Waals surface area contributed by atoms with Crippen molar-refractivity contribution in [3.05, 3.63) is 33.8 Å². The van der Waals surface area contributed by atoms with E-state index in [1.165, 1.54) is 15.6 Å². The molecule has 0 heterocycles. The van der Waals surface area contributed by atoms with E-state index in [2.05, 4.69) is 60.2 Å². The summed E-state index contributed by atoms with van der Waals surface area (Å²) in [5.41, 5.74) is 2.68. The number of hydrogen-bond donors (Lipinski definition) is 1. The Morgan fingerprint density at radius 2 is 2.07 bits per heavy atom. The van der Waals surface area contributed by atoms with Crippen LogP contribution in [-0.2, 0) is 6.42 Å². The Morgan fingerprint density at radius 1 is 1.36 bits per heavy atom. The second-order valence-electron chi connectivity index (χ2n) is 3.95. The maximum atomic E-state index is 3.59. The molecule has 0 spiro atoms. The Labute approximate surface area is 95.0 Å². The van der Waals surface area contributed by atoms with Crippen molar-refractivity contribution >= 4 is 15.9 Å². The van der Waals surface area contributed by atoms with Crippen LogP contribution in [0.4, 0.5) is 0 Å². The Hall–Kier alpha value is -0.340. The van der Waals surface area contributed by atoms with Gasteiger partial charge in [-0.2, -0.15) is 0 Å². The molecule has 1 aromatic carbocycles. The molecule has 0 unspecified atom stereocenters. The molecule has 0 radical (unpaired) electrons. The fourth-order valence-corrected chi connectivity index (χ4v) is 2.04. The third kappa shape index (κ3) is 3.81. The first-order valence-corrected chi connectivity index (χ1v) is 5.87. The second kappa shape index (κ2) is 5.52. The topological polar surface area (TPSA) is 12.0 Å². The first-order valence-electron chi connectivity index (χ1n) is 5.08. The number of benzene rings is 1. The second-order valence-corrected chi connectivity index (χ2v) is 4.81. The SMILES string of the molecule is Cc1ccc(CCNC(C)C)c(Br)c1. The first-order chi connectivity index (χ1) is 6.59. The molecule has 14 heavy (non-hydrogen) atoms. The lowest BCUT2D eigenvalue weighted by Crippen LogP contribution is -2.25. The van der Waals surface area contributed by atoms with Crippen LogP contribution in [0, 0.1) is 6.92 Å². The number of nitrogens with one attached hydrogen (secondary N) is 1. The predicted molar refractivity (Wildman–Crippen MR) is 65.7 cm³/mol. The van der Waals surface area contributed by atoms with E-state index in [0.29, 0.717) is 6.04 Å². The van der Waals surface area contributed by atoms with Gasteiger partial charge in [0.15, 0.2) is 0 Å². The van der Waals surface area contributed by atoms with Crippen molar-refractivity contribution in [2.24, 2.45) is 0 Å². The average Bonchev–Trinajstić information content (AvgIpc) is 2.08. The molecule has 78 valence electrons. The van der Waals surface area contributed by atoms with Crippen LogP contribution < -0.4 is 5.32 Å². The lowest BCUT2D eigenvalue weighted by molar-refractivity contribution is 0.590. The summed E-state index contributed by atoms with van der Waals surface area (Å²) in [5.74, 6) is 0. The molecule has 0 aromatic heterocycles. The van der Waals surface area contributed by atoms with Crippen molar-refractivity contribution in [1.82, 2.24) is 5.32 Å². The molecule has 1 rings (SSSR count). The monoisotopic (exact) mass is 255 g/mol. The average molecular weight is 256 g/mol. The zero-order valence-corrected chi connectivity index (χ0v) is 10.7. The van der Waals surface area contributed by atoms with Crippen LogP contribution in [0.5, 0.6) is 0 Å². The van der Waals surface area contributed by atoms with Crippen LogP contribution in [-0.4, -0.2) is 12.6 Å². The van der Waals surface area contributed by atoms with Gasteiger partial charge in [-0.25, -0.2) is 0 Å². The fraction of sp³-hybridized carbons (Fsp3) is 0.500. The van der Waals surface area contributed by atoms with Gasteiger partial charge in [-0.15, -0.1) is 0 Å². The molecular weight excluding hydrogens is 238 g/mol. The predicted octanol–water partition coefficient (Wildman–Crippen LogP) is 3.30. The zero-order chi connectivity index (χ0) is 10.6. The quantitative estimate of drug-likeness (QED) is 0.871. The molecule has 1 aromatic rings. The van der Waals surface area contributed by atoms with Crippen LogP contribution >= 0.6 is 15.9 Å².